The first-order valence-electron chi connectivity index (χ1n) is 3.23. The van der Waals surface area contributed by atoms with Gasteiger partial charge in [0.1, 0.15) is 0 Å². The summed E-state index contributed by atoms with van der Waals surface area (Å²) in [6, 6.07) is 0. The normalized spacial score (nSPS) is 14.2. The SMILES string of the molecule is CCNS(=O)(=O)C(CCl)C(=O)O. The van der Waals surface area contributed by atoms with E-state index in [4.69, 9.17) is 16.7 Å². The summed E-state index contributed by atoms with van der Waals surface area (Å²) >= 11 is 5.18. The molecule has 0 rings (SSSR count). The van der Waals surface area contributed by atoms with E-state index < -0.39 is 27.1 Å². The average Bonchev–Trinajstić information content (AvgIpc) is 1.86. The summed E-state index contributed by atoms with van der Waals surface area (Å²) in [6.07, 6.45) is 0. The first kappa shape index (κ1) is 11.7. The van der Waals surface area contributed by atoms with Crippen molar-refractivity contribution in [3.63, 3.8) is 0 Å². The number of hydrogen-bond donors (Lipinski definition) is 2. The Bertz CT molecular complexity index is 250. The van der Waals surface area contributed by atoms with Gasteiger partial charge in [0.15, 0.2) is 5.25 Å². The maximum Gasteiger partial charge on any atom is 0.324 e. The monoisotopic (exact) mass is 215 g/mol. The van der Waals surface area contributed by atoms with Gasteiger partial charge in [0.05, 0.1) is 5.88 Å². The summed E-state index contributed by atoms with van der Waals surface area (Å²) in [5.74, 6) is -1.89. The van der Waals surface area contributed by atoms with Crippen molar-refractivity contribution in [2.24, 2.45) is 0 Å². The summed E-state index contributed by atoms with van der Waals surface area (Å²) in [5.41, 5.74) is 0. The standard InChI is InChI=1S/C5H10ClNO4S/c1-2-7-12(10,11)4(3-6)5(8)9/h4,7H,2-3H2,1H3,(H,8,9). The molecule has 0 fully saturated rings. The van der Waals surface area contributed by atoms with Crippen molar-refractivity contribution < 1.29 is 18.3 Å². The van der Waals surface area contributed by atoms with E-state index in [2.05, 4.69) is 4.72 Å². The molecule has 0 aromatic heterocycles. The average molecular weight is 216 g/mol. The Labute approximate surface area is 75.8 Å². The zero-order chi connectivity index (χ0) is 9.78. The third kappa shape index (κ3) is 2.96. The summed E-state index contributed by atoms with van der Waals surface area (Å²) in [4.78, 5) is 10.3. The van der Waals surface area contributed by atoms with Gasteiger partial charge in [0.25, 0.3) is 0 Å². The van der Waals surface area contributed by atoms with Gasteiger partial charge in [-0.1, -0.05) is 6.92 Å². The third-order valence-electron chi connectivity index (χ3n) is 1.14. The summed E-state index contributed by atoms with van der Waals surface area (Å²) in [5, 5.41) is 6.86. The zero-order valence-corrected chi connectivity index (χ0v) is 8.02. The molecule has 0 heterocycles. The van der Waals surface area contributed by atoms with Crippen LogP contribution in [0.1, 0.15) is 6.92 Å². The molecule has 0 aromatic carbocycles. The van der Waals surface area contributed by atoms with Gasteiger partial charge in [-0.3, -0.25) is 4.79 Å². The van der Waals surface area contributed by atoms with Gasteiger partial charge in [-0.15, -0.1) is 11.6 Å². The van der Waals surface area contributed by atoms with Crippen LogP contribution in [0.3, 0.4) is 0 Å². The van der Waals surface area contributed by atoms with Crippen LogP contribution in [0, 0.1) is 0 Å². The number of alkyl halides is 1. The Morgan fingerprint density at radius 2 is 2.17 bits per heavy atom. The predicted octanol–water partition coefficient (Wildman–Crippen LogP) is -0.382. The Morgan fingerprint density at radius 1 is 1.67 bits per heavy atom. The lowest BCUT2D eigenvalue weighted by atomic mass is 10.5. The van der Waals surface area contributed by atoms with Crippen LogP contribution < -0.4 is 4.72 Å². The molecule has 0 saturated heterocycles. The van der Waals surface area contributed by atoms with Crippen LogP contribution in [-0.4, -0.2) is 37.2 Å². The Kier molecular flexibility index (Phi) is 4.51. The summed E-state index contributed by atoms with van der Waals surface area (Å²) < 4.78 is 24.1. The van der Waals surface area contributed by atoms with Crippen LogP contribution >= 0.6 is 11.6 Å². The number of sulfonamides is 1. The second-order valence-electron chi connectivity index (χ2n) is 2.02. The smallest absolute Gasteiger partial charge is 0.324 e. The highest BCUT2D eigenvalue weighted by molar-refractivity contribution is 7.90. The molecule has 0 spiro atoms. The Balaban J connectivity index is 4.61. The topological polar surface area (TPSA) is 83.5 Å². The minimum Gasteiger partial charge on any atom is -0.480 e. The molecule has 0 radical (unpaired) electrons. The molecule has 1 unspecified atom stereocenters. The molecule has 1 atom stereocenters. The molecule has 2 N–H and O–H groups in total. The van der Waals surface area contributed by atoms with Crippen LogP contribution in [-0.2, 0) is 14.8 Å². The van der Waals surface area contributed by atoms with Crippen molar-refractivity contribution in [2.45, 2.75) is 12.2 Å². The molecular formula is C5H10ClNO4S. The van der Waals surface area contributed by atoms with E-state index in [9.17, 15) is 13.2 Å². The van der Waals surface area contributed by atoms with Crippen molar-refractivity contribution in [2.75, 3.05) is 12.4 Å². The molecule has 72 valence electrons. The number of carboxylic acid groups (broad SMARTS) is 1. The fraction of sp³-hybridized carbons (Fsp3) is 0.800. The van der Waals surface area contributed by atoms with E-state index in [0.717, 1.165) is 0 Å². The molecule has 0 amide bonds. The molecule has 7 heteroatoms. The lowest BCUT2D eigenvalue weighted by molar-refractivity contribution is -0.136. The van der Waals surface area contributed by atoms with E-state index in [1.54, 1.807) is 6.92 Å². The molecule has 12 heavy (non-hydrogen) atoms. The van der Waals surface area contributed by atoms with Gasteiger partial charge in [0, 0.05) is 6.54 Å². The van der Waals surface area contributed by atoms with Crippen molar-refractivity contribution in [1.82, 2.24) is 4.72 Å². The van der Waals surface area contributed by atoms with Gasteiger partial charge < -0.3 is 5.11 Å². The van der Waals surface area contributed by atoms with Crippen LogP contribution in [0.4, 0.5) is 0 Å². The minimum atomic E-state index is -3.80. The first-order chi connectivity index (χ1) is 5.45. The first-order valence-corrected chi connectivity index (χ1v) is 5.31. The van der Waals surface area contributed by atoms with Gasteiger partial charge in [-0.2, -0.15) is 0 Å². The highest BCUT2D eigenvalue weighted by Crippen LogP contribution is 2.01. The molecule has 0 saturated carbocycles. The van der Waals surface area contributed by atoms with Crippen molar-refractivity contribution in [3.8, 4) is 0 Å². The minimum absolute atomic E-state index is 0.156. The van der Waals surface area contributed by atoms with Crippen LogP contribution in [0.2, 0.25) is 0 Å². The third-order valence-corrected chi connectivity index (χ3v) is 3.44. The number of halogens is 1. The zero-order valence-electron chi connectivity index (χ0n) is 6.45. The van der Waals surface area contributed by atoms with E-state index in [0.29, 0.717) is 0 Å². The lowest BCUT2D eigenvalue weighted by Crippen LogP contribution is -2.40. The van der Waals surface area contributed by atoms with Crippen LogP contribution in [0.5, 0.6) is 0 Å². The van der Waals surface area contributed by atoms with E-state index in [1.165, 1.54) is 0 Å². The fourth-order valence-electron chi connectivity index (χ4n) is 0.583. The van der Waals surface area contributed by atoms with Gasteiger partial charge in [-0.05, 0) is 0 Å². The number of nitrogens with one attached hydrogen (secondary N) is 1. The fourth-order valence-corrected chi connectivity index (χ4v) is 2.25. The molecule has 0 aromatic rings. The summed E-state index contributed by atoms with van der Waals surface area (Å²) in [7, 11) is -3.80. The van der Waals surface area contributed by atoms with Crippen LogP contribution in [0.15, 0.2) is 0 Å². The van der Waals surface area contributed by atoms with E-state index >= 15 is 0 Å². The maximum absolute atomic E-state index is 11.0. The van der Waals surface area contributed by atoms with Gasteiger partial charge in [0.2, 0.25) is 10.0 Å². The highest BCUT2D eigenvalue weighted by atomic mass is 35.5. The van der Waals surface area contributed by atoms with Gasteiger partial charge in [-0.25, -0.2) is 13.1 Å². The number of carbonyl (C=O) groups is 1. The lowest BCUT2D eigenvalue weighted by Gasteiger charge is -2.09. The molecule has 0 aliphatic heterocycles. The van der Waals surface area contributed by atoms with E-state index in [-0.39, 0.29) is 6.54 Å². The molecule has 5 nitrogen and oxygen atoms in total. The quantitative estimate of drug-likeness (QED) is 0.613. The predicted molar refractivity (Wildman–Crippen MR) is 44.7 cm³/mol. The Morgan fingerprint density at radius 3 is 2.42 bits per heavy atom. The Hall–Kier alpha value is -0.330. The molecule has 0 aliphatic carbocycles. The molecule has 0 bridgehead atoms. The van der Waals surface area contributed by atoms with Crippen molar-refractivity contribution in [1.29, 1.82) is 0 Å². The maximum atomic E-state index is 11.0. The van der Waals surface area contributed by atoms with Crippen molar-refractivity contribution in [3.05, 3.63) is 0 Å². The second-order valence-corrected chi connectivity index (χ2v) is 4.28. The largest absolute Gasteiger partial charge is 0.480 e. The van der Waals surface area contributed by atoms with Crippen LogP contribution in [0.25, 0.3) is 0 Å². The van der Waals surface area contributed by atoms with Gasteiger partial charge >= 0.3 is 5.97 Å². The number of rotatable bonds is 5. The molecular weight excluding hydrogens is 206 g/mol. The second kappa shape index (κ2) is 4.64. The van der Waals surface area contributed by atoms with E-state index in [1.807, 2.05) is 0 Å². The number of aliphatic carboxylic acids is 1. The summed E-state index contributed by atoms with van der Waals surface area (Å²) in [6.45, 7) is 1.72. The molecule has 0 aliphatic rings. The number of hydrogen-bond acceptors (Lipinski definition) is 3. The van der Waals surface area contributed by atoms with Crippen molar-refractivity contribution >= 4 is 27.6 Å². The highest BCUT2D eigenvalue weighted by Gasteiger charge is 2.30. The number of carboxylic acids is 1.